The molecule has 0 radical (unpaired) electrons. The Hall–Kier alpha value is -2.28. The van der Waals surface area contributed by atoms with Gasteiger partial charge >= 0.3 is 6.01 Å². The minimum absolute atomic E-state index is 0.0243. The van der Waals surface area contributed by atoms with Crippen LogP contribution in [-0.2, 0) is 25.9 Å². The van der Waals surface area contributed by atoms with Gasteiger partial charge in [-0.3, -0.25) is 9.69 Å². The predicted octanol–water partition coefficient (Wildman–Crippen LogP) is 1.20. The number of rotatable bonds is 5. The highest BCUT2D eigenvalue weighted by Gasteiger charge is 2.26. The maximum atomic E-state index is 12.4. The van der Waals surface area contributed by atoms with Gasteiger partial charge in [0.15, 0.2) is 0 Å². The van der Waals surface area contributed by atoms with E-state index < -0.39 is 0 Å². The molecule has 1 unspecified atom stereocenters. The number of hydrogen-bond donors (Lipinski definition) is 0. The van der Waals surface area contributed by atoms with Crippen molar-refractivity contribution in [2.24, 2.45) is 0 Å². The Labute approximate surface area is 146 Å². The molecule has 0 amide bonds. The van der Waals surface area contributed by atoms with E-state index in [0.29, 0.717) is 18.6 Å². The Balaban J connectivity index is 1.49. The summed E-state index contributed by atoms with van der Waals surface area (Å²) in [6.07, 6.45) is 7.02. The standard InChI is InChI=1S/C18H23N5O2/c1-25-18-19-8-7-14(20-18)11-22-9-3-5-15(22)12-23-17(24)10-13-4-2-6-16(13)21-23/h7-8,10,15H,2-6,9,11-12H2,1H3. The predicted molar refractivity (Wildman–Crippen MR) is 92.5 cm³/mol. The molecule has 1 fully saturated rings. The molecule has 1 aliphatic heterocycles. The molecule has 0 N–H and O–H groups in total. The van der Waals surface area contributed by atoms with Crippen molar-refractivity contribution in [1.82, 2.24) is 24.6 Å². The number of fused-ring (bicyclic) bond motifs is 1. The molecule has 0 aromatic carbocycles. The third kappa shape index (κ3) is 3.42. The summed E-state index contributed by atoms with van der Waals surface area (Å²) in [7, 11) is 1.57. The van der Waals surface area contributed by atoms with E-state index >= 15 is 0 Å². The summed E-state index contributed by atoms with van der Waals surface area (Å²) in [6.45, 7) is 2.40. The van der Waals surface area contributed by atoms with Crippen LogP contribution in [0.3, 0.4) is 0 Å². The lowest BCUT2D eigenvalue weighted by atomic mass is 10.2. The van der Waals surface area contributed by atoms with Crippen molar-refractivity contribution in [2.45, 2.75) is 51.2 Å². The average Bonchev–Trinajstić information content (AvgIpc) is 3.25. The molecular weight excluding hydrogens is 318 g/mol. The smallest absolute Gasteiger partial charge is 0.316 e. The van der Waals surface area contributed by atoms with Gasteiger partial charge in [0, 0.05) is 24.8 Å². The van der Waals surface area contributed by atoms with Crippen molar-refractivity contribution in [3.8, 4) is 6.01 Å². The normalized spacial score (nSPS) is 20.0. The van der Waals surface area contributed by atoms with E-state index in [1.54, 1.807) is 24.1 Å². The second-order valence-electron chi connectivity index (χ2n) is 6.79. The fourth-order valence-electron chi connectivity index (χ4n) is 3.85. The average molecular weight is 341 g/mol. The van der Waals surface area contributed by atoms with Crippen LogP contribution in [0.1, 0.15) is 36.2 Å². The third-order valence-corrected chi connectivity index (χ3v) is 5.15. The Morgan fingerprint density at radius 1 is 1.32 bits per heavy atom. The quantitative estimate of drug-likeness (QED) is 0.813. The first-order valence-corrected chi connectivity index (χ1v) is 8.93. The van der Waals surface area contributed by atoms with Crippen molar-refractivity contribution < 1.29 is 4.74 Å². The van der Waals surface area contributed by atoms with E-state index in [-0.39, 0.29) is 5.56 Å². The van der Waals surface area contributed by atoms with E-state index in [9.17, 15) is 4.79 Å². The molecule has 1 saturated heterocycles. The maximum Gasteiger partial charge on any atom is 0.316 e. The highest BCUT2D eigenvalue weighted by Crippen LogP contribution is 2.22. The molecule has 0 saturated carbocycles. The number of aryl methyl sites for hydroxylation is 2. The lowest BCUT2D eigenvalue weighted by molar-refractivity contribution is 0.213. The molecule has 2 aromatic rings. The van der Waals surface area contributed by atoms with Crippen LogP contribution < -0.4 is 10.3 Å². The van der Waals surface area contributed by atoms with Crippen LogP contribution in [0.5, 0.6) is 6.01 Å². The van der Waals surface area contributed by atoms with Crippen molar-refractivity contribution in [3.05, 3.63) is 45.6 Å². The molecule has 2 aliphatic rings. The molecule has 0 bridgehead atoms. The zero-order valence-electron chi connectivity index (χ0n) is 14.5. The topological polar surface area (TPSA) is 73.1 Å². The monoisotopic (exact) mass is 341 g/mol. The van der Waals surface area contributed by atoms with E-state index in [4.69, 9.17) is 4.74 Å². The number of likely N-dealkylation sites (tertiary alicyclic amines) is 1. The van der Waals surface area contributed by atoms with Crippen molar-refractivity contribution in [2.75, 3.05) is 13.7 Å². The molecule has 4 rings (SSSR count). The van der Waals surface area contributed by atoms with Gasteiger partial charge in [-0.05, 0) is 50.3 Å². The lowest BCUT2D eigenvalue weighted by Crippen LogP contribution is -2.37. The Morgan fingerprint density at radius 2 is 2.24 bits per heavy atom. The summed E-state index contributed by atoms with van der Waals surface area (Å²) in [5.74, 6) is 0. The summed E-state index contributed by atoms with van der Waals surface area (Å²) < 4.78 is 6.76. The number of hydrogen-bond acceptors (Lipinski definition) is 6. The van der Waals surface area contributed by atoms with Crippen LogP contribution in [0.4, 0.5) is 0 Å². The minimum atomic E-state index is 0.0243. The van der Waals surface area contributed by atoms with Crippen LogP contribution in [0, 0.1) is 0 Å². The van der Waals surface area contributed by atoms with E-state index in [1.807, 2.05) is 6.07 Å². The fraction of sp³-hybridized carbons (Fsp3) is 0.556. The lowest BCUT2D eigenvalue weighted by Gasteiger charge is -2.24. The Morgan fingerprint density at radius 3 is 3.12 bits per heavy atom. The number of ether oxygens (including phenoxy) is 1. The van der Waals surface area contributed by atoms with E-state index in [2.05, 4.69) is 20.0 Å². The summed E-state index contributed by atoms with van der Waals surface area (Å²) in [5, 5.41) is 4.62. The molecule has 7 nitrogen and oxygen atoms in total. The van der Waals surface area contributed by atoms with Gasteiger partial charge < -0.3 is 4.74 Å². The van der Waals surface area contributed by atoms with Crippen LogP contribution in [0.2, 0.25) is 0 Å². The van der Waals surface area contributed by atoms with Gasteiger partial charge in [0.25, 0.3) is 5.56 Å². The van der Waals surface area contributed by atoms with Gasteiger partial charge in [-0.25, -0.2) is 9.67 Å². The fourth-order valence-corrected chi connectivity index (χ4v) is 3.85. The molecular formula is C18H23N5O2. The Kier molecular flexibility index (Phi) is 4.48. The Bertz CT molecular complexity index is 819. The molecule has 132 valence electrons. The molecule has 1 atom stereocenters. The van der Waals surface area contributed by atoms with Gasteiger partial charge in [0.2, 0.25) is 0 Å². The van der Waals surface area contributed by atoms with E-state index in [1.165, 1.54) is 0 Å². The van der Waals surface area contributed by atoms with Gasteiger partial charge in [-0.1, -0.05) is 0 Å². The van der Waals surface area contributed by atoms with Crippen LogP contribution in [0.15, 0.2) is 23.1 Å². The number of methoxy groups -OCH3 is 1. The van der Waals surface area contributed by atoms with Crippen LogP contribution in [-0.4, -0.2) is 44.3 Å². The third-order valence-electron chi connectivity index (χ3n) is 5.15. The van der Waals surface area contributed by atoms with Crippen molar-refractivity contribution >= 4 is 0 Å². The summed E-state index contributed by atoms with van der Waals surface area (Å²) >= 11 is 0. The molecule has 3 heterocycles. The molecule has 7 heteroatoms. The number of aromatic nitrogens is 4. The van der Waals surface area contributed by atoms with Gasteiger partial charge in [-0.15, -0.1) is 0 Å². The zero-order chi connectivity index (χ0) is 17.2. The first kappa shape index (κ1) is 16.2. The van der Waals surface area contributed by atoms with Crippen molar-refractivity contribution in [3.63, 3.8) is 0 Å². The zero-order valence-corrected chi connectivity index (χ0v) is 14.5. The van der Waals surface area contributed by atoms with E-state index in [0.717, 1.165) is 62.1 Å². The van der Waals surface area contributed by atoms with Crippen LogP contribution in [0.25, 0.3) is 0 Å². The SMILES string of the molecule is COc1nccc(CN2CCCC2Cn2nc3c(cc2=O)CCC3)n1. The second kappa shape index (κ2) is 6.92. The van der Waals surface area contributed by atoms with Crippen molar-refractivity contribution in [1.29, 1.82) is 0 Å². The van der Waals surface area contributed by atoms with Crippen LogP contribution >= 0.6 is 0 Å². The van der Waals surface area contributed by atoms with Gasteiger partial charge in [0.1, 0.15) is 0 Å². The first-order valence-electron chi connectivity index (χ1n) is 8.93. The molecule has 2 aromatic heterocycles. The summed E-state index contributed by atoms with van der Waals surface area (Å²) in [6, 6.07) is 4.40. The number of nitrogens with zero attached hydrogens (tertiary/aromatic N) is 5. The maximum absolute atomic E-state index is 12.4. The van der Waals surface area contributed by atoms with Gasteiger partial charge in [0.05, 0.1) is 25.0 Å². The highest BCUT2D eigenvalue weighted by atomic mass is 16.5. The second-order valence-corrected chi connectivity index (χ2v) is 6.79. The molecule has 1 aliphatic carbocycles. The summed E-state index contributed by atoms with van der Waals surface area (Å²) in [5.41, 5.74) is 3.20. The molecule has 25 heavy (non-hydrogen) atoms. The minimum Gasteiger partial charge on any atom is -0.467 e. The first-order chi connectivity index (χ1) is 12.2. The molecule has 0 spiro atoms. The van der Waals surface area contributed by atoms with Gasteiger partial charge in [-0.2, -0.15) is 10.1 Å². The largest absolute Gasteiger partial charge is 0.467 e. The summed E-state index contributed by atoms with van der Waals surface area (Å²) in [4.78, 5) is 23.2. The highest BCUT2D eigenvalue weighted by molar-refractivity contribution is 5.22.